The van der Waals surface area contributed by atoms with Crippen LogP contribution in [-0.2, 0) is 12.8 Å². The molecule has 2 nitrogen and oxygen atoms in total. The Bertz CT molecular complexity index is 1480. The van der Waals surface area contributed by atoms with Gasteiger partial charge in [-0.05, 0) is 85.4 Å². The first-order valence-corrected chi connectivity index (χ1v) is 21.2. The van der Waals surface area contributed by atoms with Crippen LogP contribution < -0.4 is 10.9 Å². The highest BCUT2D eigenvalue weighted by molar-refractivity contribution is 9.11. The van der Waals surface area contributed by atoms with E-state index in [2.05, 4.69) is 167 Å². The highest BCUT2D eigenvalue weighted by Crippen LogP contribution is 2.32. The Morgan fingerprint density at radius 3 is 1.68 bits per heavy atom. The summed E-state index contributed by atoms with van der Waals surface area (Å²) in [4.78, 5) is 7.00. The van der Waals surface area contributed by atoms with E-state index in [-0.39, 0.29) is 9.49 Å². The first-order chi connectivity index (χ1) is 23.8. The molecule has 0 aliphatic carbocycles. The van der Waals surface area contributed by atoms with Gasteiger partial charge in [-0.1, -0.05) is 157 Å². The molecule has 0 fully saturated rings. The summed E-state index contributed by atoms with van der Waals surface area (Å²) >= 11 is 7.43. The van der Waals surface area contributed by atoms with Gasteiger partial charge in [0, 0.05) is 36.9 Å². The second-order valence-electron chi connectivity index (χ2n) is 15.3. The third-order valence-corrected chi connectivity index (χ3v) is 10.9. The van der Waals surface area contributed by atoms with Crippen LogP contribution in [0.15, 0.2) is 106 Å². The summed E-state index contributed by atoms with van der Waals surface area (Å²) in [5.74, 6) is 0. The number of hydrogen-bond acceptors (Lipinski definition) is 3. The molecule has 0 atom stereocenters. The number of hydrogen-bond donors (Lipinski definition) is 0. The van der Waals surface area contributed by atoms with E-state index in [4.69, 9.17) is 0 Å². The fraction of sp³-hybridized carbons (Fsp3) is 0.477. The van der Waals surface area contributed by atoms with Gasteiger partial charge in [0.15, 0.2) is 0 Å². The van der Waals surface area contributed by atoms with Gasteiger partial charge in [0.05, 0.1) is 6.33 Å². The number of unbranched alkanes of at least 4 members (excludes halogenated alkanes) is 5. The minimum absolute atomic E-state index is 0.233. The Hall–Kier alpha value is -2.15. The van der Waals surface area contributed by atoms with E-state index in [9.17, 15) is 0 Å². The zero-order valence-electron chi connectivity index (χ0n) is 32.4. The first kappa shape index (κ1) is 42.3. The molecule has 1 heterocycles. The van der Waals surface area contributed by atoms with Crippen LogP contribution in [0.1, 0.15) is 119 Å². The first-order valence-electron chi connectivity index (χ1n) is 18.8. The molecular weight excluding hydrogens is 711 g/mol. The Morgan fingerprint density at radius 1 is 0.700 bits per heavy atom. The van der Waals surface area contributed by atoms with Gasteiger partial charge < -0.3 is 4.57 Å². The fourth-order valence-electron chi connectivity index (χ4n) is 5.86. The number of nitrogens with zero attached hydrogens (tertiary/aromatic N) is 2. The SMILES string of the molecule is CC(Br)=CCB(c1ccc(SC(C)(C)C)cc1)c1ccc(SC(C)(C)C)cc1.CCCCCCc1ccc(-n2cncc2CCCCC)cc1. The van der Waals surface area contributed by atoms with Gasteiger partial charge >= 0.3 is 0 Å². The van der Waals surface area contributed by atoms with Crippen molar-refractivity contribution in [2.75, 3.05) is 0 Å². The normalized spacial score (nSPS) is 12.1. The van der Waals surface area contributed by atoms with Crippen molar-refractivity contribution in [2.45, 2.75) is 146 Å². The van der Waals surface area contributed by atoms with E-state index in [1.807, 2.05) is 36.0 Å². The molecule has 0 saturated heterocycles. The van der Waals surface area contributed by atoms with E-state index in [1.165, 1.54) is 93.5 Å². The number of aryl methyl sites for hydroxylation is 2. The molecule has 6 heteroatoms. The van der Waals surface area contributed by atoms with Crippen molar-refractivity contribution in [3.8, 4) is 5.69 Å². The molecule has 0 aliphatic heterocycles. The van der Waals surface area contributed by atoms with Crippen LogP contribution >= 0.6 is 39.5 Å². The van der Waals surface area contributed by atoms with Gasteiger partial charge in [-0.2, -0.15) is 0 Å². The molecule has 0 aliphatic rings. The lowest BCUT2D eigenvalue weighted by Crippen LogP contribution is -2.41. The summed E-state index contributed by atoms with van der Waals surface area (Å²) in [5.41, 5.74) is 6.76. The molecule has 4 aromatic rings. The van der Waals surface area contributed by atoms with Crippen LogP contribution in [0.25, 0.3) is 5.69 Å². The van der Waals surface area contributed by atoms with Crippen LogP contribution in [0.3, 0.4) is 0 Å². The third-order valence-electron chi connectivity index (χ3n) is 8.33. The molecule has 50 heavy (non-hydrogen) atoms. The number of benzene rings is 3. The topological polar surface area (TPSA) is 17.8 Å². The molecule has 4 rings (SSSR count). The summed E-state index contributed by atoms with van der Waals surface area (Å²) in [6.45, 7) is 20.5. The average Bonchev–Trinajstić information content (AvgIpc) is 3.52. The smallest absolute Gasteiger partial charge is 0.213 e. The number of rotatable bonds is 16. The monoisotopic (exact) mass is 772 g/mol. The maximum atomic E-state index is 4.33. The van der Waals surface area contributed by atoms with Gasteiger partial charge in [-0.25, -0.2) is 4.98 Å². The summed E-state index contributed by atoms with van der Waals surface area (Å²) < 4.78 is 3.89. The number of allylic oxidation sites excluding steroid dienone is 2. The zero-order valence-corrected chi connectivity index (χ0v) is 35.6. The van der Waals surface area contributed by atoms with Gasteiger partial charge in [0.2, 0.25) is 6.71 Å². The summed E-state index contributed by atoms with van der Waals surface area (Å²) in [6, 6.07) is 27.3. The molecule has 0 spiro atoms. The summed E-state index contributed by atoms with van der Waals surface area (Å²) in [6.07, 6.45) is 18.7. The maximum absolute atomic E-state index is 4.33. The minimum atomic E-state index is 0.233. The van der Waals surface area contributed by atoms with E-state index < -0.39 is 0 Å². The molecule has 270 valence electrons. The second kappa shape index (κ2) is 21.4. The van der Waals surface area contributed by atoms with Crippen molar-refractivity contribution >= 4 is 57.1 Å². The zero-order chi connectivity index (χ0) is 36.6. The van der Waals surface area contributed by atoms with Gasteiger partial charge in [0.25, 0.3) is 0 Å². The lowest BCUT2D eigenvalue weighted by atomic mass is 9.39. The number of halogens is 1. The molecule has 3 aromatic carbocycles. The third kappa shape index (κ3) is 16.0. The molecule has 1 aromatic heterocycles. The van der Waals surface area contributed by atoms with Crippen LogP contribution in [0.2, 0.25) is 6.32 Å². The lowest BCUT2D eigenvalue weighted by Gasteiger charge is -2.20. The van der Waals surface area contributed by atoms with Crippen molar-refractivity contribution in [1.82, 2.24) is 9.55 Å². The van der Waals surface area contributed by atoms with Crippen molar-refractivity contribution < 1.29 is 0 Å². The second-order valence-corrected chi connectivity index (χ2v) is 20.4. The molecule has 0 amide bonds. The van der Waals surface area contributed by atoms with Crippen molar-refractivity contribution in [3.63, 3.8) is 0 Å². The number of imidazole rings is 1. The molecular formula is C44H62BBrN2S2. The van der Waals surface area contributed by atoms with Gasteiger partial charge in [-0.15, -0.1) is 23.5 Å². The predicted octanol–water partition coefficient (Wildman–Crippen LogP) is 13.1. The van der Waals surface area contributed by atoms with Crippen molar-refractivity contribution in [1.29, 1.82) is 0 Å². The quantitative estimate of drug-likeness (QED) is 0.0642. The summed E-state index contributed by atoms with van der Waals surface area (Å²) in [7, 11) is 0. The molecule has 0 N–H and O–H groups in total. The predicted molar refractivity (Wildman–Crippen MR) is 231 cm³/mol. The molecule has 0 radical (unpaired) electrons. The van der Waals surface area contributed by atoms with Gasteiger partial charge in [0.1, 0.15) is 0 Å². The summed E-state index contributed by atoms with van der Waals surface area (Å²) in [5, 5.41) is 0. The maximum Gasteiger partial charge on any atom is 0.213 e. The van der Waals surface area contributed by atoms with Crippen molar-refractivity contribution in [2.24, 2.45) is 0 Å². The lowest BCUT2D eigenvalue weighted by molar-refractivity contribution is 0.667. The van der Waals surface area contributed by atoms with Crippen molar-refractivity contribution in [3.05, 3.63) is 107 Å². The minimum Gasteiger partial charge on any atom is -0.303 e. The van der Waals surface area contributed by atoms with E-state index in [1.54, 1.807) is 0 Å². The van der Waals surface area contributed by atoms with E-state index >= 15 is 0 Å². The molecule has 0 bridgehead atoms. The average molecular weight is 774 g/mol. The van der Waals surface area contributed by atoms with Crippen LogP contribution in [0.4, 0.5) is 0 Å². The largest absolute Gasteiger partial charge is 0.303 e. The number of thioether (sulfide) groups is 2. The molecule has 0 unspecified atom stereocenters. The Labute approximate surface area is 323 Å². The van der Waals surface area contributed by atoms with Gasteiger partial charge in [-0.3, -0.25) is 0 Å². The highest BCUT2D eigenvalue weighted by atomic mass is 79.9. The Balaban J connectivity index is 0.000000278. The Morgan fingerprint density at radius 2 is 1.20 bits per heavy atom. The van der Waals surface area contributed by atoms with E-state index in [0.717, 1.165) is 12.7 Å². The fourth-order valence-corrected chi connectivity index (χ4v) is 8.01. The van der Waals surface area contributed by atoms with Crippen LogP contribution in [0, 0.1) is 0 Å². The van der Waals surface area contributed by atoms with Crippen LogP contribution in [-0.4, -0.2) is 25.8 Å². The van der Waals surface area contributed by atoms with Crippen LogP contribution in [0.5, 0.6) is 0 Å². The highest BCUT2D eigenvalue weighted by Gasteiger charge is 2.20. The number of aromatic nitrogens is 2. The standard InChI is InChI=1S/C24H32BBrS2.C20H30N2/c1-18(26)16-17-25(19-8-12-21(13-9-19)27-23(2,3)4)20-10-14-22(15-11-20)28-24(5,6)7;1-3-5-7-9-10-18-12-14-19(15-13-18)22-17-21-16-20(22)11-8-6-4-2/h8-16H,17H2,1-7H3;12-17H,3-11H2,1-2H3. The van der Waals surface area contributed by atoms with E-state index in [0.29, 0.717) is 6.71 Å². The Kier molecular flexibility index (Phi) is 18.1. The molecule has 0 saturated carbocycles.